The van der Waals surface area contributed by atoms with Gasteiger partial charge in [0.05, 0.1) is 58.3 Å². The van der Waals surface area contributed by atoms with Crippen molar-refractivity contribution in [3.05, 3.63) is 56.3 Å². The van der Waals surface area contributed by atoms with E-state index < -0.39 is 20.7 Å². The molecule has 8 rings (SSSR count). The third-order valence-electron chi connectivity index (χ3n) is 8.42. The second-order valence-corrected chi connectivity index (χ2v) is 20.0. The van der Waals surface area contributed by atoms with E-state index in [2.05, 4.69) is 60.4 Å². The fourth-order valence-corrected chi connectivity index (χ4v) is 17.7. The summed E-state index contributed by atoms with van der Waals surface area (Å²) in [7, 11) is -2.53. The number of hydrogen-bond acceptors (Lipinski definition) is 4. The fourth-order valence-electron chi connectivity index (χ4n) is 6.79. The van der Waals surface area contributed by atoms with E-state index in [0.29, 0.717) is 13.2 Å². The van der Waals surface area contributed by atoms with Crippen LogP contribution in [-0.2, 0) is 27.1 Å². The molecule has 0 radical (unpaired) electrons. The molecule has 2 fully saturated rings. The van der Waals surface area contributed by atoms with Crippen LogP contribution >= 0.6 is 29.6 Å². The maximum absolute atomic E-state index is 15.8. The lowest BCUT2D eigenvalue weighted by atomic mass is 9.89. The first-order chi connectivity index (χ1) is 17.2. The van der Waals surface area contributed by atoms with Gasteiger partial charge in [-0.3, -0.25) is 0 Å². The maximum atomic E-state index is 15.8. The first-order valence-electron chi connectivity index (χ1n) is 12.7. The summed E-state index contributed by atoms with van der Waals surface area (Å²) in [6.07, 6.45) is 7.56. The summed E-state index contributed by atoms with van der Waals surface area (Å²) >= 11 is 8.37. The van der Waals surface area contributed by atoms with Crippen molar-refractivity contribution in [3.8, 4) is 0 Å². The van der Waals surface area contributed by atoms with Gasteiger partial charge < -0.3 is 14.7 Å². The molecule has 2 aromatic rings. The van der Waals surface area contributed by atoms with Crippen LogP contribution in [0.15, 0.2) is 24.3 Å². The number of halogens is 1. The molecule has 6 aliphatic heterocycles. The normalized spacial score (nSPS) is 30.8. The Morgan fingerprint density at radius 2 is 2.19 bits per heavy atom. The number of ether oxygens (including phenoxy) is 1. The number of benzene rings is 1. The van der Waals surface area contributed by atoms with Gasteiger partial charge in [0.15, 0.2) is 9.30 Å². The van der Waals surface area contributed by atoms with Crippen molar-refractivity contribution >= 4 is 55.5 Å². The second-order valence-electron chi connectivity index (χ2n) is 11.6. The van der Waals surface area contributed by atoms with Crippen LogP contribution in [0.1, 0.15) is 54.5 Å². The zero-order valence-corrected chi connectivity index (χ0v) is 24.2. The maximum Gasteiger partial charge on any atom is 0.159 e. The smallest absolute Gasteiger partial charge is 0.159 e. The zero-order valence-electron chi connectivity index (χ0n) is 20.9. The summed E-state index contributed by atoms with van der Waals surface area (Å²) in [5.41, 5.74) is 4.76. The van der Waals surface area contributed by atoms with Gasteiger partial charge in [0, 0.05) is 29.8 Å². The third kappa shape index (κ3) is 3.11. The molecule has 36 heavy (non-hydrogen) atoms. The van der Waals surface area contributed by atoms with Gasteiger partial charge in [0.2, 0.25) is 0 Å². The summed E-state index contributed by atoms with van der Waals surface area (Å²) in [5, 5.41) is 12.0. The highest BCUT2D eigenvalue weighted by Gasteiger charge is 2.60. The molecule has 7 heterocycles. The van der Waals surface area contributed by atoms with Gasteiger partial charge in [-0.1, -0.05) is 29.3 Å². The summed E-state index contributed by atoms with van der Waals surface area (Å²) < 4.78 is 23.6. The van der Waals surface area contributed by atoms with Crippen molar-refractivity contribution in [1.29, 1.82) is 0 Å². The predicted octanol–water partition coefficient (Wildman–Crippen LogP) is 5.13. The number of fused-ring (bicyclic) bond motifs is 1. The van der Waals surface area contributed by atoms with E-state index in [9.17, 15) is 5.11 Å². The molecule has 0 saturated carbocycles. The molecule has 192 valence electrons. The molecule has 4 atom stereocenters. The Hall–Kier alpha value is -1.05. The van der Waals surface area contributed by atoms with E-state index in [-0.39, 0.29) is 18.2 Å². The van der Waals surface area contributed by atoms with Gasteiger partial charge in [-0.15, -0.1) is 0 Å². The van der Waals surface area contributed by atoms with Crippen molar-refractivity contribution in [1.82, 2.24) is 4.31 Å². The molecule has 1 N–H and O–H groups in total. The number of thiophene rings is 1. The van der Waals surface area contributed by atoms with Crippen molar-refractivity contribution in [2.24, 2.45) is 0 Å². The number of allylic oxidation sites excluding steroid dienone is 1. The minimum Gasteiger partial charge on any atom is -0.399 e. The van der Waals surface area contributed by atoms with Crippen LogP contribution in [-0.4, -0.2) is 56.3 Å². The standard InChI is InChI=1S/C27H32ClN2O3PS2/c1-26(2,3)36(32)30-13-19(12-27(30)15-33-16-27)29-7-4-5-17-9-18(28)10-22(24(17)29)21-6-8-34(36)23-11-20(14-31)35-25(21)23/h6,8-11,19,31H,4-5,7,12-16H2,1-3H3/t19-,36?/m0/s1. The van der Waals surface area contributed by atoms with Crippen LogP contribution < -0.4 is 10.2 Å². The lowest BCUT2D eigenvalue weighted by molar-refractivity contribution is -0.0956. The summed E-state index contributed by atoms with van der Waals surface area (Å²) in [6.45, 7) is 8.39. The van der Waals surface area contributed by atoms with E-state index >= 15 is 4.21 Å². The molecule has 5 nitrogen and oxygen atoms in total. The van der Waals surface area contributed by atoms with E-state index in [4.69, 9.17) is 16.3 Å². The molecule has 2 saturated heterocycles. The average molecular weight is 563 g/mol. The molecule has 1 aromatic carbocycles. The largest absolute Gasteiger partial charge is 0.399 e. The molecule has 4 bridgehead atoms. The minimum absolute atomic E-state index is 0.00578. The number of hydrogen-bond donors (Lipinski definition) is 1. The molecule has 1 spiro atoms. The predicted molar refractivity (Wildman–Crippen MR) is 152 cm³/mol. The van der Waals surface area contributed by atoms with Crippen LogP contribution in [0.5, 0.6) is 0 Å². The Balaban J connectivity index is 1.62. The molecule has 9 heteroatoms. The molecule has 6 aliphatic rings. The number of anilines is 1. The Morgan fingerprint density at radius 1 is 1.39 bits per heavy atom. The van der Waals surface area contributed by atoms with Crippen LogP contribution in [0.4, 0.5) is 5.69 Å². The van der Waals surface area contributed by atoms with Gasteiger partial charge in [0.25, 0.3) is 0 Å². The lowest BCUT2D eigenvalue weighted by Crippen LogP contribution is -2.62. The van der Waals surface area contributed by atoms with Gasteiger partial charge in [-0.2, -0.15) is 16.0 Å². The monoisotopic (exact) mass is 562 g/mol. The third-order valence-corrected chi connectivity index (χ3v) is 19.2. The van der Waals surface area contributed by atoms with E-state index in [1.807, 2.05) is 0 Å². The van der Waals surface area contributed by atoms with E-state index in [1.54, 1.807) is 11.3 Å². The molecule has 0 amide bonds. The van der Waals surface area contributed by atoms with Crippen molar-refractivity contribution in [3.63, 3.8) is 0 Å². The molecule has 0 aliphatic carbocycles. The molecule has 1 aromatic heterocycles. The Morgan fingerprint density at radius 3 is 2.89 bits per heavy atom. The number of aryl methyl sites for hydroxylation is 1. The number of nitrogens with zero attached hydrogens (tertiary/aromatic N) is 2. The van der Waals surface area contributed by atoms with Gasteiger partial charge >= 0.3 is 0 Å². The first-order valence-corrected chi connectivity index (χ1v) is 17.5. The highest BCUT2D eigenvalue weighted by atomic mass is 35.5. The zero-order chi connectivity index (χ0) is 25.0. The Labute approximate surface area is 223 Å². The SMILES string of the molecule is CC(C)(C)S1(=O)=[P+]2[CH-]C=C(c3cc(Cl)cc4c3N(CCC4)[C@@H]3CN1C1(COC1)C3)c1[s+][c-](CO)cc12. The van der Waals surface area contributed by atoms with E-state index in [0.717, 1.165) is 58.0 Å². The highest BCUT2D eigenvalue weighted by Crippen LogP contribution is 2.56. The quantitative estimate of drug-likeness (QED) is 0.297. The molecular weight excluding hydrogens is 531 g/mol. The first kappa shape index (κ1) is 24.0. The number of aliphatic hydroxyl groups is 1. The van der Waals surface area contributed by atoms with Crippen LogP contribution in [0.2, 0.25) is 5.02 Å². The fraction of sp³-hybridized carbons (Fsp3) is 0.519. The number of rotatable bonds is 1. The highest BCUT2D eigenvalue weighted by molar-refractivity contribution is 8.32. The topological polar surface area (TPSA) is 53.0 Å². The summed E-state index contributed by atoms with van der Waals surface area (Å²) in [4.78, 5) is 4.69. The van der Waals surface area contributed by atoms with Crippen molar-refractivity contribution in [2.75, 3.05) is 31.2 Å². The summed E-state index contributed by atoms with van der Waals surface area (Å²) in [6, 6.07) is 6.69. The second kappa shape index (κ2) is 7.98. The molecular formula is C27H32ClN2O3PS2. The van der Waals surface area contributed by atoms with Gasteiger partial charge in [-0.25, -0.2) is 4.21 Å². The van der Waals surface area contributed by atoms with Crippen LogP contribution in [0.3, 0.4) is 0 Å². The van der Waals surface area contributed by atoms with Crippen LogP contribution in [0.25, 0.3) is 5.57 Å². The summed E-state index contributed by atoms with van der Waals surface area (Å²) in [5.74, 6) is 0. The Kier molecular flexibility index (Phi) is 5.33. The van der Waals surface area contributed by atoms with Crippen molar-refractivity contribution < 1.29 is 14.1 Å². The van der Waals surface area contributed by atoms with E-state index in [1.165, 1.54) is 16.8 Å². The Bertz CT molecular complexity index is 1450. The van der Waals surface area contributed by atoms with Gasteiger partial charge in [0.1, 0.15) is 4.88 Å². The van der Waals surface area contributed by atoms with Gasteiger partial charge in [-0.05, 0) is 57.8 Å². The molecule has 3 unspecified atom stereocenters. The lowest BCUT2D eigenvalue weighted by Gasteiger charge is -2.48. The average Bonchev–Trinajstić information content (AvgIpc) is 3.43. The number of aliphatic hydroxyl groups excluding tert-OH is 1. The van der Waals surface area contributed by atoms with Crippen LogP contribution in [0, 0.1) is 6.16 Å². The van der Waals surface area contributed by atoms with Crippen molar-refractivity contribution in [2.45, 2.75) is 63.0 Å². The minimum atomic E-state index is -2.53.